The van der Waals surface area contributed by atoms with Crippen LogP contribution in [0.25, 0.3) is 0 Å². The van der Waals surface area contributed by atoms with Gasteiger partial charge in [-0.05, 0) is 11.1 Å². The highest BCUT2D eigenvalue weighted by molar-refractivity contribution is 6.17. The van der Waals surface area contributed by atoms with E-state index in [2.05, 4.69) is 48.5 Å². The average Bonchev–Trinajstić information content (AvgIpc) is 3.20. The number of carbonyl (C=O) groups is 1. The fourth-order valence-corrected chi connectivity index (χ4v) is 4.72. The lowest BCUT2D eigenvalue weighted by Crippen LogP contribution is -2.44. The number of ketones is 1. The van der Waals surface area contributed by atoms with Crippen LogP contribution < -0.4 is 0 Å². The number of rotatable bonds is 2. The Kier molecular flexibility index (Phi) is 1.23. The zero-order valence-electron chi connectivity index (χ0n) is 9.84. The molecule has 4 aliphatic rings. The van der Waals surface area contributed by atoms with Crippen LogP contribution in [0.15, 0.2) is 60.7 Å². The van der Waals surface area contributed by atoms with Crippen molar-refractivity contribution in [1.29, 1.82) is 0 Å². The van der Waals surface area contributed by atoms with Crippen molar-refractivity contribution >= 4 is 5.78 Å². The zero-order valence-corrected chi connectivity index (χ0v) is 9.84. The Morgan fingerprint density at radius 2 is 1.06 bits per heavy atom. The highest BCUT2D eigenvalue weighted by Crippen LogP contribution is 3.02. The molecule has 6 rings (SSSR count). The summed E-state index contributed by atoms with van der Waals surface area (Å²) in [6, 6.07) is 21.2. The Hall–Kier alpha value is -1.89. The molecule has 0 radical (unpaired) electrons. The van der Waals surface area contributed by atoms with E-state index in [0.29, 0.717) is 5.78 Å². The summed E-state index contributed by atoms with van der Waals surface area (Å²) in [7, 11) is 0. The van der Waals surface area contributed by atoms with Gasteiger partial charge in [0.25, 0.3) is 0 Å². The quantitative estimate of drug-likeness (QED) is 0.778. The van der Waals surface area contributed by atoms with Crippen molar-refractivity contribution in [3.63, 3.8) is 0 Å². The molecule has 18 heavy (non-hydrogen) atoms. The van der Waals surface area contributed by atoms with Crippen LogP contribution in [0, 0.1) is 11.8 Å². The molecule has 0 unspecified atom stereocenters. The average molecular weight is 232 g/mol. The predicted octanol–water partition coefficient (Wildman–Crippen LogP) is 2.70. The second kappa shape index (κ2) is 2.44. The maximum Gasteiger partial charge on any atom is 0.142 e. The molecule has 4 aliphatic carbocycles. The molecule has 0 amide bonds. The molecule has 4 saturated carbocycles. The van der Waals surface area contributed by atoms with Gasteiger partial charge in [0.1, 0.15) is 5.78 Å². The van der Waals surface area contributed by atoms with Crippen LogP contribution in [0.2, 0.25) is 0 Å². The lowest BCUT2D eigenvalue weighted by molar-refractivity contribution is -0.135. The Bertz CT molecular complexity index is 604. The summed E-state index contributed by atoms with van der Waals surface area (Å²) >= 11 is 0. The lowest BCUT2D eigenvalue weighted by Gasteiger charge is -2.33. The second-order valence-electron chi connectivity index (χ2n) is 5.74. The Balaban J connectivity index is 1.67. The number of hydrogen-bond acceptors (Lipinski definition) is 1. The molecule has 0 aromatic heterocycles. The van der Waals surface area contributed by atoms with E-state index >= 15 is 0 Å². The van der Waals surface area contributed by atoms with Gasteiger partial charge in [0.2, 0.25) is 0 Å². The smallest absolute Gasteiger partial charge is 0.142 e. The van der Waals surface area contributed by atoms with E-state index in [4.69, 9.17) is 0 Å². The SMILES string of the molecule is O=C1C2C3(c4ccccc4)C1C23c1ccccc1. The first-order valence-corrected chi connectivity index (χ1v) is 6.51. The molecule has 0 aliphatic heterocycles. The number of Topliss-reactive ketones (excluding diaryl/α,β-unsaturated/α-hetero) is 1. The first-order chi connectivity index (χ1) is 8.86. The second-order valence-corrected chi connectivity index (χ2v) is 5.74. The van der Waals surface area contributed by atoms with Crippen LogP contribution in [-0.2, 0) is 15.6 Å². The van der Waals surface area contributed by atoms with E-state index in [0.717, 1.165) is 0 Å². The van der Waals surface area contributed by atoms with Crippen LogP contribution in [-0.4, -0.2) is 5.78 Å². The monoisotopic (exact) mass is 232 g/mol. The summed E-state index contributed by atoms with van der Waals surface area (Å²) < 4.78 is 0. The molecule has 0 heterocycles. The normalized spacial score (nSPS) is 41.9. The van der Waals surface area contributed by atoms with Crippen molar-refractivity contribution in [3.05, 3.63) is 71.8 Å². The topological polar surface area (TPSA) is 17.1 Å². The van der Waals surface area contributed by atoms with E-state index in [1.165, 1.54) is 11.1 Å². The maximum atomic E-state index is 11.9. The number of benzene rings is 2. The van der Waals surface area contributed by atoms with Crippen LogP contribution >= 0.6 is 0 Å². The van der Waals surface area contributed by atoms with Gasteiger partial charge < -0.3 is 0 Å². The van der Waals surface area contributed by atoms with Crippen molar-refractivity contribution < 1.29 is 4.79 Å². The largest absolute Gasteiger partial charge is 0.299 e. The molecular weight excluding hydrogens is 220 g/mol. The van der Waals surface area contributed by atoms with Gasteiger partial charge in [-0.25, -0.2) is 0 Å². The van der Waals surface area contributed by atoms with Gasteiger partial charge in [-0.1, -0.05) is 60.7 Å². The molecule has 0 saturated heterocycles. The summed E-state index contributed by atoms with van der Waals surface area (Å²) in [6.07, 6.45) is 0. The van der Waals surface area contributed by atoms with Crippen LogP contribution in [0.4, 0.5) is 0 Å². The highest BCUT2D eigenvalue weighted by Gasteiger charge is 3.11. The van der Waals surface area contributed by atoms with Crippen molar-refractivity contribution in [3.8, 4) is 0 Å². The van der Waals surface area contributed by atoms with Crippen LogP contribution in [0.3, 0.4) is 0 Å². The molecule has 4 fully saturated rings. The third-order valence-corrected chi connectivity index (χ3v) is 5.41. The van der Waals surface area contributed by atoms with E-state index in [9.17, 15) is 4.79 Å². The van der Waals surface area contributed by atoms with Gasteiger partial charge in [0.05, 0.1) is 0 Å². The molecule has 0 spiro atoms. The molecule has 0 N–H and O–H groups in total. The summed E-state index contributed by atoms with van der Waals surface area (Å²) in [5.41, 5.74) is 3.10. The van der Waals surface area contributed by atoms with Crippen LogP contribution in [0.5, 0.6) is 0 Å². The number of carbonyl (C=O) groups excluding carboxylic acids is 1. The van der Waals surface area contributed by atoms with E-state index in [1.807, 2.05) is 12.1 Å². The van der Waals surface area contributed by atoms with Crippen molar-refractivity contribution in [2.45, 2.75) is 10.8 Å². The van der Waals surface area contributed by atoms with Gasteiger partial charge in [-0.15, -0.1) is 0 Å². The maximum absolute atomic E-state index is 11.9. The van der Waals surface area contributed by atoms with Gasteiger partial charge in [-0.2, -0.15) is 0 Å². The summed E-state index contributed by atoms with van der Waals surface area (Å²) in [5, 5.41) is 0. The molecule has 2 aromatic rings. The summed E-state index contributed by atoms with van der Waals surface area (Å²) in [5.74, 6) is 1.04. The first-order valence-electron chi connectivity index (χ1n) is 6.51. The van der Waals surface area contributed by atoms with Crippen molar-refractivity contribution in [1.82, 2.24) is 0 Å². The Morgan fingerprint density at radius 1 is 0.667 bits per heavy atom. The van der Waals surface area contributed by atoms with E-state index in [1.54, 1.807) is 0 Å². The minimum absolute atomic E-state index is 0.187. The Labute approximate surface area is 105 Å². The van der Waals surface area contributed by atoms with E-state index < -0.39 is 0 Å². The molecule has 2 bridgehead atoms. The van der Waals surface area contributed by atoms with Gasteiger partial charge in [-0.3, -0.25) is 4.79 Å². The minimum Gasteiger partial charge on any atom is -0.299 e. The predicted molar refractivity (Wildman–Crippen MR) is 68.2 cm³/mol. The summed E-state index contributed by atoms with van der Waals surface area (Å²) in [4.78, 5) is 11.9. The van der Waals surface area contributed by atoms with Gasteiger partial charge in [0, 0.05) is 22.7 Å². The van der Waals surface area contributed by atoms with Crippen molar-refractivity contribution in [2.24, 2.45) is 11.8 Å². The number of hydrogen-bond donors (Lipinski definition) is 0. The van der Waals surface area contributed by atoms with Crippen LogP contribution in [0.1, 0.15) is 11.1 Å². The van der Waals surface area contributed by atoms with Gasteiger partial charge in [0.15, 0.2) is 0 Å². The lowest BCUT2D eigenvalue weighted by atomic mass is 9.67. The minimum atomic E-state index is 0.187. The highest BCUT2D eigenvalue weighted by atomic mass is 16.1. The molecular formula is C17H12O. The standard InChI is InChI=1S/C17H12O/c18-13-14-16(11-7-3-1-4-8-11)15(13)17(14,16)12-9-5-2-6-10-12/h1-10,14-15H. The molecule has 86 valence electrons. The third-order valence-electron chi connectivity index (χ3n) is 5.41. The molecule has 0 atom stereocenters. The van der Waals surface area contributed by atoms with Gasteiger partial charge >= 0.3 is 0 Å². The third kappa shape index (κ3) is 0.609. The fraction of sp³-hybridized carbons (Fsp3) is 0.235. The zero-order chi connectivity index (χ0) is 12.0. The van der Waals surface area contributed by atoms with E-state index in [-0.39, 0.29) is 22.7 Å². The molecule has 1 heteroatoms. The first kappa shape index (κ1) is 9.09. The Morgan fingerprint density at radius 3 is 1.39 bits per heavy atom. The van der Waals surface area contributed by atoms with Crippen molar-refractivity contribution in [2.75, 3.05) is 0 Å². The summed E-state index contributed by atoms with van der Waals surface area (Å²) in [6.45, 7) is 0. The fourth-order valence-electron chi connectivity index (χ4n) is 4.72. The molecule has 2 aromatic carbocycles. The molecule has 1 nitrogen and oxygen atoms in total.